The lowest BCUT2D eigenvalue weighted by Crippen LogP contribution is -2.30. The molecule has 27 heavy (non-hydrogen) atoms. The van der Waals surface area contributed by atoms with Crippen molar-refractivity contribution in [2.75, 3.05) is 17.2 Å². The molecule has 6 N–H and O–H groups in total. The second-order valence-electron chi connectivity index (χ2n) is 5.78. The zero-order valence-electron chi connectivity index (χ0n) is 14.4. The van der Waals surface area contributed by atoms with Crippen LogP contribution in [0.1, 0.15) is 17.2 Å². The predicted octanol–water partition coefficient (Wildman–Crippen LogP) is 1.93. The molecule has 0 radical (unpaired) electrons. The molecule has 0 fully saturated rings. The standard InChI is InChI=1S/C19H19N5O2S/c20-15-17(21)23-19(24-18(15)26)27-11-14(25)22-16(12-7-3-1-4-8-12)13-9-5-2-6-10-13/h1-10,16H,11,20H2,(H,22,25)(H3,21,23,24,26). The van der Waals surface area contributed by atoms with Crippen molar-refractivity contribution in [2.24, 2.45) is 0 Å². The largest absolute Gasteiger partial charge is 0.391 e. The molecular weight excluding hydrogens is 362 g/mol. The minimum atomic E-state index is -0.517. The van der Waals surface area contributed by atoms with E-state index in [-0.39, 0.29) is 34.4 Å². The SMILES string of the molecule is Nc1nc(SCC(=O)NC(c2ccccc2)c2ccccc2)[nH]c(=O)c1N. The first kappa shape index (κ1) is 18.5. The maximum Gasteiger partial charge on any atom is 0.276 e. The Bertz CT molecular complexity index is 937. The number of benzene rings is 2. The molecule has 0 aliphatic rings. The summed E-state index contributed by atoms with van der Waals surface area (Å²) >= 11 is 1.08. The van der Waals surface area contributed by atoms with Crippen molar-refractivity contribution in [3.8, 4) is 0 Å². The van der Waals surface area contributed by atoms with E-state index in [9.17, 15) is 9.59 Å². The van der Waals surface area contributed by atoms with Gasteiger partial charge >= 0.3 is 0 Å². The first-order valence-corrected chi connectivity index (χ1v) is 9.20. The monoisotopic (exact) mass is 381 g/mol. The molecule has 138 valence electrons. The van der Waals surface area contributed by atoms with E-state index in [1.165, 1.54) is 0 Å². The minimum Gasteiger partial charge on any atom is -0.391 e. The lowest BCUT2D eigenvalue weighted by atomic mass is 9.99. The molecule has 0 atom stereocenters. The number of anilines is 2. The second-order valence-corrected chi connectivity index (χ2v) is 6.74. The number of aromatic nitrogens is 2. The highest BCUT2D eigenvalue weighted by molar-refractivity contribution is 7.99. The summed E-state index contributed by atoms with van der Waals surface area (Å²) in [6.07, 6.45) is 0. The number of nitrogens with two attached hydrogens (primary N) is 2. The molecule has 1 amide bonds. The Morgan fingerprint density at radius 2 is 1.59 bits per heavy atom. The van der Waals surface area contributed by atoms with E-state index in [1.54, 1.807) is 0 Å². The van der Waals surface area contributed by atoms with Crippen molar-refractivity contribution in [1.82, 2.24) is 15.3 Å². The topological polar surface area (TPSA) is 127 Å². The molecule has 3 aromatic rings. The Labute approximate surface area is 160 Å². The third kappa shape index (κ3) is 4.68. The molecule has 0 saturated carbocycles. The van der Waals surface area contributed by atoms with Crippen LogP contribution in [0, 0.1) is 0 Å². The fraction of sp³-hybridized carbons (Fsp3) is 0.105. The molecule has 1 aromatic heterocycles. The molecule has 0 unspecified atom stereocenters. The van der Waals surface area contributed by atoms with E-state index < -0.39 is 5.56 Å². The van der Waals surface area contributed by atoms with Crippen LogP contribution in [0.3, 0.4) is 0 Å². The van der Waals surface area contributed by atoms with Crippen LogP contribution in [0.4, 0.5) is 11.5 Å². The molecule has 7 nitrogen and oxygen atoms in total. The molecule has 2 aromatic carbocycles. The summed E-state index contributed by atoms with van der Waals surface area (Å²) in [6.45, 7) is 0. The highest BCUT2D eigenvalue weighted by Crippen LogP contribution is 2.22. The van der Waals surface area contributed by atoms with Crippen LogP contribution >= 0.6 is 11.8 Å². The van der Waals surface area contributed by atoms with Gasteiger partial charge in [-0.1, -0.05) is 72.4 Å². The number of nitrogens with zero attached hydrogens (tertiary/aromatic N) is 1. The molecule has 0 aliphatic heterocycles. The predicted molar refractivity (Wildman–Crippen MR) is 107 cm³/mol. The number of carbonyl (C=O) groups excluding carboxylic acids is 1. The van der Waals surface area contributed by atoms with Crippen molar-refractivity contribution in [3.05, 3.63) is 82.1 Å². The third-order valence-corrected chi connectivity index (χ3v) is 4.75. The summed E-state index contributed by atoms with van der Waals surface area (Å²) in [4.78, 5) is 30.6. The summed E-state index contributed by atoms with van der Waals surface area (Å²) in [5.41, 5.74) is 12.4. The van der Waals surface area contributed by atoms with Crippen LogP contribution in [0.15, 0.2) is 70.6 Å². The van der Waals surface area contributed by atoms with Gasteiger partial charge in [0.1, 0.15) is 5.69 Å². The third-order valence-electron chi connectivity index (χ3n) is 3.87. The summed E-state index contributed by atoms with van der Waals surface area (Å²) in [6, 6.07) is 19.1. The summed E-state index contributed by atoms with van der Waals surface area (Å²) in [5, 5.41) is 3.27. The quantitative estimate of drug-likeness (QED) is 0.382. The minimum absolute atomic E-state index is 0.0481. The van der Waals surface area contributed by atoms with E-state index in [4.69, 9.17) is 11.5 Å². The molecule has 0 aliphatic carbocycles. The molecule has 0 bridgehead atoms. The van der Waals surface area contributed by atoms with Gasteiger partial charge in [-0.3, -0.25) is 14.6 Å². The number of hydrogen-bond acceptors (Lipinski definition) is 6. The van der Waals surface area contributed by atoms with Crippen LogP contribution in [-0.4, -0.2) is 21.6 Å². The Balaban J connectivity index is 1.73. The van der Waals surface area contributed by atoms with Crippen LogP contribution in [-0.2, 0) is 4.79 Å². The molecule has 0 spiro atoms. The normalized spacial score (nSPS) is 10.7. The summed E-state index contributed by atoms with van der Waals surface area (Å²) in [7, 11) is 0. The first-order valence-electron chi connectivity index (χ1n) is 8.22. The number of nitrogen functional groups attached to an aromatic ring is 2. The molecule has 0 saturated heterocycles. The average molecular weight is 381 g/mol. The Hall–Kier alpha value is -3.26. The molecule has 8 heteroatoms. The van der Waals surface area contributed by atoms with Crippen molar-refractivity contribution in [2.45, 2.75) is 11.2 Å². The van der Waals surface area contributed by atoms with Crippen molar-refractivity contribution >= 4 is 29.2 Å². The number of hydrogen-bond donors (Lipinski definition) is 4. The number of carbonyl (C=O) groups is 1. The fourth-order valence-electron chi connectivity index (χ4n) is 2.53. The Morgan fingerprint density at radius 3 is 2.11 bits per heavy atom. The Morgan fingerprint density at radius 1 is 1.04 bits per heavy atom. The average Bonchev–Trinajstić information content (AvgIpc) is 2.70. The van der Waals surface area contributed by atoms with Crippen molar-refractivity contribution in [3.63, 3.8) is 0 Å². The van der Waals surface area contributed by atoms with Gasteiger partial charge in [0.25, 0.3) is 5.56 Å². The van der Waals surface area contributed by atoms with Crippen LogP contribution in [0.25, 0.3) is 0 Å². The smallest absolute Gasteiger partial charge is 0.276 e. The van der Waals surface area contributed by atoms with Gasteiger partial charge in [0.15, 0.2) is 11.0 Å². The van der Waals surface area contributed by atoms with Crippen molar-refractivity contribution < 1.29 is 4.79 Å². The second kappa shape index (κ2) is 8.41. The first-order chi connectivity index (χ1) is 13.0. The Kier molecular flexibility index (Phi) is 5.77. The lowest BCUT2D eigenvalue weighted by Gasteiger charge is -2.19. The lowest BCUT2D eigenvalue weighted by molar-refractivity contribution is -0.119. The summed E-state index contributed by atoms with van der Waals surface area (Å²) < 4.78 is 0. The molecular formula is C19H19N5O2S. The van der Waals surface area contributed by atoms with Gasteiger partial charge in [0.05, 0.1) is 11.8 Å². The highest BCUT2D eigenvalue weighted by Gasteiger charge is 2.17. The van der Waals surface area contributed by atoms with E-state index in [0.29, 0.717) is 0 Å². The summed E-state index contributed by atoms with van der Waals surface area (Å²) in [5.74, 6) is -0.175. The van der Waals surface area contributed by atoms with Gasteiger partial charge in [0.2, 0.25) is 5.91 Å². The maximum atomic E-state index is 12.5. The van der Waals surface area contributed by atoms with Crippen LogP contribution < -0.4 is 22.3 Å². The zero-order chi connectivity index (χ0) is 19.2. The van der Waals surface area contributed by atoms with Gasteiger partial charge in [-0.05, 0) is 11.1 Å². The molecule has 3 rings (SSSR count). The van der Waals surface area contributed by atoms with E-state index in [0.717, 1.165) is 22.9 Å². The van der Waals surface area contributed by atoms with Gasteiger partial charge in [-0.2, -0.15) is 0 Å². The fourth-order valence-corrected chi connectivity index (χ4v) is 3.21. The van der Waals surface area contributed by atoms with Crippen molar-refractivity contribution in [1.29, 1.82) is 0 Å². The number of aromatic amines is 1. The van der Waals surface area contributed by atoms with Gasteiger partial charge < -0.3 is 16.8 Å². The van der Waals surface area contributed by atoms with Gasteiger partial charge in [-0.25, -0.2) is 4.98 Å². The maximum absolute atomic E-state index is 12.5. The van der Waals surface area contributed by atoms with E-state index in [1.807, 2.05) is 60.7 Å². The van der Waals surface area contributed by atoms with Gasteiger partial charge in [0, 0.05) is 0 Å². The number of rotatable bonds is 6. The number of amides is 1. The number of thioether (sulfide) groups is 1. The van der Waals surface area contributed by atoms with E-state index in [2.05, 4.69) is 15.3 Å². The highest BCUT2D eigenvalue weighted by atomic mass is 32.2. The van der Waals surface area contributed by atoms with E-state index >= 15 is 0 Å². The van der Waals surface area contributed by atoms with Crippen LogP contribution in [0.5, 0.6) is 0 Å². The zero-order valence-corrected chi connectivity index (χ0v) is 15.2. The number of nitrogens with one attached hydrogen (secondary N) is 2. The molecule has 1 heterocycles. The van der Waals surface area contributed by atoms with Gasteiger partial charge in [-0.15, -0.1) is 0 Å². The number of H-pyrrole nitrogens is 1. The van der Waals surface area contributed by atoms with Crippen LogP contribution in [0.2, 0.25) is 0 Å².